The van der Waals surface area contributed by atoms with Crippen molar-refractivity contribution in [3.63, 3.8) is 0 Å². The molecule has 0 amide bonds. The van der Waals surface area contributed by atoms with Gasteiger partial charge >= 0.3 is 0 Å². The Kier molecular flexibility index (Phi) is 2.67. The molecule has 2 aliphatic rings. The van der Waals surface area contributed by atoms with Crippen LogP contribution in [0, 0.1) is 17.3 Å². The van der Waals surface area contributed by atoms with Crippen molar-refractivity contribution in [2.24, 2.45) is 21.6 Å². The van der Waals surface area contributed by atoms with Crippen LogP contribution in [0.25, 0.3) is 0 Å². The van der Waals surface area contributed by atoms with Gasteiger partial charge in [0.1, 0.15) is 16.1 Å². The summed E-state index contributed by atoms with van der Waals surface area (Å²) >= 11 is -1.09. The van der Waals surface area contributed by atoms with Gasteiger partial charge < -0.3 is 4.55 Å². The van der Waals surface area contributed by atoms with Crippen molar-refractivity contribution in [3.05, 3.63) is 0 Å². The molecular formula is C12H21NOS. The molecule has 3 atom stereocenters. The lowest BCUT2D eigenvalue weighted by molar-refractivity contribution is 0.441. The zero-order chi connectivity index (χ0) is 11.3. The standard InChI is InChI=1S/C12H21NOS/c1-11(2,3)15(14)13-8-12(4)6-9-5-10(9)7-12/h8-10H,5-7H2,1-4H3. The highest BCUT2D eigenvalue weighted by Gasteiger charge is 2.51. The summed E-state index contributed by atoms with van der Waals surface area (Å²) in [6.45, 7) is 8.15. The molecule has 0 bridgehead atoms. The number of nitrogens with zero attached hydrogens (tertiary/aromatic N) is 1. The van der Waals surface area contributed by atoms with Crippen LogP contribution in [0.4, 0.5) is 0 Å². The normalized spacial score (nSPS) is 41.9. The summed E-state index contributed by atoms with van der Waals surface area (Å²) in [6.07, 6.45) is 5.90. The van der Waals surface area contributed by atoms with Gasteiger partial charge in [0.15, 0.2) is 0 Å². The highest BCUT2D eigenvalue weighted by atomic mass is 32.2. The van der Waals surface area contributed by atoms with Crippen molar-refractivity contribution in [2.75, 3.05) is 0 Å². The number of fused-ring (bicyclic) bond motifs is 1. The zero-order valence-electron chi connectivity index (χ0n) is 10.1. The molecule has 2 nitrogen and oxygen atoms in total. The predicted octanol–water partition coefficient (Wildman–Crippen LogP) is 2.96. The molecule has 0 spiro atoms. The SMILES string of the molecule is CC1(C=N[S+]([O-])C(C)(C)C)CC2CC2C1. The van der Waals surface area contributed by atoms with E-state index in [0.717, 1.165) is 11.8 Å². The fraction of sp³-hybridized carbons (Fsp3) is 0.917. The topological polar surface area (TPSA) is 35.4 Å². The molecule has 2 saturated carbocycles. The van der Waals surface area contributed by atoms with Gasteiger partial charge in [-0.25, -0.2) is 0 Å². The zero-order valence-corrected chi connectivity index (χ0v) is 10.9. The molecule has 0 aromatic carbocycles. The molecule has 3 unspecified atom stereocenters. The number of rotatable bonds is 2. The van der Waals surface area contributed by atoms with Crippen LogP contribution >= 0.6 is 0 Å². The van der Waals surface area contributed by atoms with Crippen LogP contribution in [0.5, 0.6) is 0 Å². The van der Waals surface area contributed by atoms with Crippen molar-refractivity contribution < 1.29 is 4.55 Å². The maximum Gasteiger partial charge on any atom is 0.144 e. The molecule has 2 rings (SSSR count). The summed E-state index contributed by atoms with van der Waals surface area (Å²) in [5.41, 5.74) is 0.231. The van der Waals surface area contributed by atoms with Crippen molar-refractivity contribution in [1.29, 1.82) is 0 Å². The van der Waals surface area contributed by atoms with Gasteiger partial charge in [-0.05, 0) is 51.9 Å². The van der Waals surface area contributed by atoms with E-state index in [4.69, 9.17) is 0 Å². The van der Waals surface area contributed by atoms with Crippen molar-refractivity contribution >= 4 is 17.6 Å². The van der Waals surface area contributed by atoms with Crippen LogP contribution in [0.15, 0.2) is 4.40 Å². The third-order valence-electron chi connectivity index (χ3n) is 3.51. The molecule has 0 heterocycles. The Labute approximate surface area is 95.9 Å². The van der Waals surface area contributed by atoms with Gasteiger partial charge in [-0.2, -0.15) is 0 Å². The summed E-state index contributed by atoms with van der Waals surface area (Å²) < 4.78 is 15.8. The van der Waals surface area contributed by atoms with Gasteiger partial charge in [-0.15, -0.1) is 0 Å². The molecule has 0 aromatic heterocycles. The maximum atomic E-state index is 11.8. The molecule has 0 aromatic rings. The minimum absolute atomic E-state index is 0.228. The molecule has 0 N–H and O–H groups in total. The lowest BCUT2D eigenvalue weighted by atomic mass is 9.87. The second-order valence-corrected chi connectivity index (χ2v) is 8.35. The minimum Gasteiger partial charge on any atom is -0.591 e. The van der Waals surface area contributed by atoms with Crippen LogP contribution in [0.3, 0.4) is 0 Å². The highest BCUT2D eigenvalue weighted by molar-refractivity contribution is 7.91. The highest BCUT2D eigenvalue weighted by Crippen LogP contribution is 2.59. The Hall–Kier alpha value is -0.0200. The van der Waals surface area contributed by atoms with E-state index in [-0.39, 0.29) is 10.2 Å². The Morgan fingerprint density at radius 3 is 2.33 bits per heavy atom. The smallest absolute Gasteiger partial charge is 0.144 e. The van der Waals surface area contributed by atoms with Gasteiger partial charge in [0.2, 0.25) is 0 Å². The number of hydrogen-bond acceptors (Lipinski definition) is 2. The molecule has 86 valence electrons. The lowest BCUT2D eigenvalue weighted by Crippen LogP contribution is -2.27. The third kappa shape index (κ3) is 2.56. The Balaban J connectivity index is 1.93. The van der Waals surface area contributed by atoms with Gasteiger partial charge in [0.05, 0.1) is 6.21 Å². The second kappa shape index (κ2) is 3.49. The first-order valence-electron chi connectivity index (χ1n) is 5.77. The molecule has 0 saturated heterocycles. The van der Waals surface area contributed by atoms with Crippen LogP contribution in [-0.4, -0.2) is 15.5 Å². The number of hydrogen-bond donors (Lipinski definition) is 0. The van der Waals surface area contributed by atoms with Crippen LogP contribution < -0.4 is 0 Å². The summed E-state index contributed by atoms with van der Waals surface area (Å²) in [6, 6.07) is 0. The third-order valence-corrected chi connectivity index (χ3v) is 4.85. The molecule has 3 heteroatoms. The summed E-state index contributed by atoms with van der Waals surface area (Å²) in [5, 5.41) is 0. The molecule has 2 fully saturated rings. The quantitative estimate of drug-likeness (QED) is 0.527. The minimum atomic E-state index is -1.09. The van der Waals surface area contributed by atoms with E-state index in [9.17, 15) is 4.55 Å². The fourth-order valence-electron chi connectivity index (χ4n) is 2.53. The maximum absolute atomic E-state index is 11.8. The summed E-state index contributed by atoms with van der Waals surface area (Å²) in [5.74, 6) is 1.90. The van der Waals surface area contributed by atoms with Crippen molar-refractivity contribution in [3.8, 4) is 0 Å². The predicted molar refractivity (Wildman–Crippen MR) is 65.3 cm³/mol. The fourth-order valence-corrected chi connectivity index (χ4v) is 3.20. The van der Waals surface area contributed by atoms with E-state index in [1.54, 1.807) is 0 Å². The summed E-state index contributed by atoms with van der Waals surface area (Å²) in [7, 11) is 0. The Morgan fingerprint density at radius 2 is 1.87 bits per heavy atom. The molecule has 0 radical (unpaired) electrons. The largest absolute Gasteiger partial charge is 0.591 e. The second-order valence-electron chi connectivity index (χ2n) is 6.41. The average Bonchev–Trinajstić information content (AvgIpc) is 2.70. The van der Waals surface area contributed by atoms with Crippen LogP contribution in [0.1, 0.15) is 47.0 Å². The first-order chi connectivity index (χ1) is 6.80. The van der Waals surface area contributed by atoms with E-state index in [0.29, 0.717) is 0 Å². The molecular weight excluding hydrogens is 206 g/mol. The average molecular weight is 227 g/mol. The van der Waals surface area contributed by atoms with E-state index >= 15 is 0 Å². The summed E-state index contributed by atoms with van der Waals surface area (Å²) in [4.78, 5) is 0. The Morgan fingerprint density at radius 1 is 1.33 bits per heavy atom. The monoisotopic (exact) mass is 227 g/mol. The van der Waals surface area contributed by atoms with Gasteiger partial charge in [0.25, 0.3) is 0 Å². The molecule has 2 aliphatic carbocycles. The van der Waals surface area contributed by atoms with E-state index in [1.165, 1.54) is 19.3 Å². The Bertz CT molecular complexity index is 272. The van der Waals surface area contributed by atoms with Gasteiger partial charge in [0, 0.05) is 5.41 Å². The van der Waals surface area contributed by atoms with Crippen LogP contribution in [0.2, 0.25) is 0 Å². The van der Waals surface area contributed by atoms with E-state index < -0.39 is 11.4 Å². The molecule has 0 aliphatic heterocycles. The lowest BCUT2D eigenvalue weighted by Gasteiger charge is -2.22. The van der Waals surface area contributed by atoms with Gasteiger partial charge in [-0.1, -0.05) is 11.3 Å². The van der Waals surface area contributed by atoms with Crippen molar-refractivity contribution in [2.45, 2.75) is 51.7 Å². The van der Waals surface area contributed by atoms with E-state index in [1.807, 2.05) is 27.0 Å². The first-order valence-corrected chi connectivity index (χ1v) is 6.88. The van der Waals surface area contributed by atoms with E-state index in [2.05, 4.69) is 11.3 Å². The molecule has 15 heavy (non-hydrogen) atoms. The van der Waals surface area contributed by atoms with Gasteiger partial charge in [-0.3, -0.25) is 0 Å². The first kappa shape index (κ1) is 11.5. The van der Waals surface area contributed by atoms with Crippen LogP contribution in [-0.2, 0) is 11.4 Å². The van der Waals surface area contributed by atoms with Crippen molar-refractivity contribution in [1.82, 2.24) is 0 Å².